The van der Waals surface area contributed by atoms with E-state index in [9.17, 15) is 13.2 Å². The highest BCUT2D eigenvalue weighted by Gasteiger charge is 2.45. The number of nitrogens with two attached hydrogens (primary N) is 1. The fourth-order valence-corrected chi connectivity index (χ4v) is 1.44. The van der Waals surface area contributed by atoms with Crippen molar-refractivity contribution in [1.82, 2.24) is 0 Å². The first-order valence-corrected chi connectivity index (χ1v) is 5.40. The molecule has 0 aliphatic heterocycles. The second-order valence-electron chi connectivity index (χ2n) is 3.92. The molecule has 0 heterocycles. The molecule has 96 valence electrons. The lowest BCUT2D eigenvalue weighted by Crippen LogP contribution is -2.48. The van der Waals surface area contributed by atoms with Crippen LogP contribution in [0.25, 0.3) is 0 Å². The van der Waals surface area contributed by atoms with E-state index < -0.39 is 18.3 Å². The average molecular weight is 247 g/mol. The molecule has 0 fully saturated rings. The molecule has 0 spiro atoms. The van der Waals surface area contributed by atoms with Crippen molar-refractivity contribution in [2.75, 3.05) is 0 Å². The summed E-state index contributed by atoms with van der Waals surface area (Å²) in [7, 11) is 0. The summed E-state index contributed by atoms with van der Waals surface area (Å²) in [5, 5.41) is 0. The standard InChI is InChI=1S/C12H16F3NO/c1-3-9(16)11(12(13,14)15)17-10-7-5-4-6-8(10)2/h4-7,9,11H,3,16H2,1-2H3. The Labute approximate surface area is 98.6 Å². The topological polar surface area (TPSA) is 35.2 Å². The van der Waals surface area contributed by atoms with Crippen molar-refractivity contribution in [2.45, 2.75) is 38.6 Å². The first-order chi connectivity index (χ1) is 7.86. The maximum absolute atomic E-state index is 12.8. The number of hydrogen-bond acceptors (Lipinski definition) is 2. The van der Waals surface area contributed by atoms with Crippen LogP contribution in [0.3, 0.4) is 0 Å². The molecule has 0 amide bonds. The lowest BCUT2D eigenvalue weighted by atomic mass is 10.1. The van der Waals surface area contributed by atoms with Crippen LogP contribution in [-0.4, -0.2) is 18.3 Å². The van der Waals surface area contributed by atoms with E-state index in [-0.39, 0.29) is 12.2 Å². The predicted molar refractivity (Wildman–Crippen MR) is 59.9 cm³/mol. The third-order valence-corrected chi connectivity index (χ3v) is 2.53. The molecule has 0 aliphatic carbocycles. The molecule has 0 aromatic heterocycles. The van der Waals surface area contributed by atoms with Crippen molar-refractivity contribution in [3.05, 3.63) is 29.8 Å². The molecule has 0 saturated carbocycles. The van der Waals surface area contributed by atoms with Crippen LogP contribution < -0.4 is 10.5 Å². The number of hydrogen-bond donors (Lipinski definition) is 1. The molecule has 17 heavy (non-hydrogen) atoms. The first kappa shape index (κ1) is 13.8. The minimum atomic E-state index is -4.46. The van der Waals surface area contributed by atoms with E-state index in [4.69, 9.17) is 10.5 Å². The van der Waals surface area contributed by atoms with E-state index in [1.165, 1.54) is 6.07 Å². The molecular weight excluding hydrogens is 231 g/mol. The molecule has 0 bridgehead atoms. The van der Waals surface area contributed by atoms with Crippen LogP contribution in [0.15, 0.2) is 24.3 Å². The summed E-state index contributed by atoms with van der Waals surface area (Å²) < 4.78 is 43.3. The van der Waals surface area contributed by atoms with Gasteiger partial charge in [0.15, 0.2) is 0 Å². The molecule has 5 heteroatoms. The average Bonchev–Trinajstić information content (AvgIpc) is 2.25. The van der Waals surface area contributed by atoms with Gasteiger partial charge < -0.3 is 10.5 Å². The number of ether oxygens (including phenoxy) is 1. The Morgan fingerprint density at radius 2 is 1.88 bits per heavy atom. The highest BCUT2D eigenvalue weighted by Crippen LogP contribution is 2.29. The van der Waals surface area contributed by atoms with Gasteiger partial charge in [0.05, 0.1) is 6.04 Å². The van der Waals surface area contributed by atoms with E-state index in [1.807, 2.05) is 0 Å². The molecule has 2 nitrogen and oxygen atoms in total. The molecule has 0 saturated heterocycles. The van der Waals surface area contributed by atoms with Gasteiger partial charge in [-0.3, -0.25) is 0 Å². The number of rotatable bonds is 4. The van der Waals surface area contributed by atoms with Crippen molar-refractivity contribution in [1.29, 1.82) is 0 Å². The Morgan fingerprint density at radius 1 is 1.29 bits per heavy atom. The van der Waals surface area contributed by atoms with Crippen molar-refractivity contribution in [2.24, 2.45) is 5.73 Å². The maximum Gasteiger partial charge on any atom is 0.426 e. The van der Waals surface area contributed by atoms with E-state index in [1.54, 1.807) is 32.0 Å². The van der Waals surface area contributed by atoms with Crippen LogP contribution in [0.5, 0.6) is 5.75 Å². The zero-order valence-corrected chi connectivity index (χ0v) is 9.79. The Kier molecular flexibility index (Phi) is 4.40. The maximum atomic E-state index is 12.8. The Balaban J connectivity index is 2.91. The molecule has 2 N–H and O–H groups in total. The van der Waals surface area contributed by atoms with E-state index >= 15 is 0 Å². The van der Waals surface area contributed by atoms with Crippen LogP contribution in [0.4, 0.5) is 13.2 Å². The summed E-state index contributed by atoms with van der Waals surface area (Å²) in [6.45, 7) is 3.30. The summed E-state index contributed by atoms with van der Waals surface area (Å²) in [4.78, 5) is 0. The Bertz CT molecular complexity index is 365. The zero-order valence-electron chi connectivity index (χ0n) is 9.79. The van der Waals surface area contributed by atoms with Crippen LogP contribution >= 0.6 is 0 Å². The number of benzene rings is 1. The molecule has 2 atom stereocenters. The molecule has 1 rings (SSSR count). The SMILES string of the molecule is CCC(N)C(Oc1ccccc1C)C(F)(F)F. The quantitative estimate of drug-likeness (QED) is 0.887. The van der Waals surface area contributed by atoms with Gasteiger partial charge >= 0.3 is 6.18 Å². The molecule has 1 aromatic rings. The van der Waals surface area contributed by atoms with Gasteiger partial charge in [-0.25, -0.2) is 0 Å². The molecule has 0 aliphatic rings. The summed E-state index contributed by atoms with van der Waals surface area (Å²) >= 11 is 0. The van der Waals surface area contributed by atoms with Gasteiger partial charge in [-0.05, 0) is 25.0 Å². The zero-order chi connectivity index (χ0) is 13.1. The van der Waals surface area contributed by atoms with Gasteiger partial charge in [-0.2, -0.15) is 13.2 Å². The normalized spacial score (nSPS) is 15.4. The minimum absolute atomic E-state index is 0.204. The number of halogens is 3. The first-order valence-electron chi connectivity index (χ1n) is 5.40. The van der Waals surface area contributed by atoms with Crippen LogP contribution in [0.1, 0.15) is 18.9 Å². The number of para-hydroxylation sites is 1. The summed E-state index contributed by atoms with van der Waals surface area (Å²) in [5.41, 5.74) is 6.11. The summed E-state index contributed by atoms with van der Waals surface area (Å²) in [5.74, 6) is 0.221. The monoisotopic (exact) mass is 247 g/mol. The minimum Gasteiger partial charge on any atom is -0.479 e. The fraction of sp³-hybridized carbons (Fsp3) is 0.500. The van der Waals surface area contributed by atoms with Crippen LogP contribution in [0.2, 0.25) is 0 Å². The van der Waals surface area contributed by atoms with Crippen LogP contribution in [0, 0.1) is 6.92 Å². The lowest BCUT2D eigenvalue weighted by molar-refractivity contribution is -0.200. The summed E-state index contributed by atoms with van der Waals surface area (Å²) in [6, 6.07) is 5.52. The van der Waals surface area contributed by atoms with E-state index in [0.717, 1.165) is 0 Å². The van der Waals surface area contributed by atoms with Gasteiger partial charge in [0.2, 0.25) is 6.10 Å². The third-order valence-electron chi connectivity index (χ3n) is 2.53. The second-order valence-corrected chi connectivity index (χ2v) is 3.92. The summed E-state index contributed by atoms with van der Waals surface area (Å²) in [6.07, 6.45) is -6.22. The molecular formula is C12H16F3NO. The molecule has 2 unspecified atom stereocenters. The highest BCUT2D eigenvalue weighted by molar-refractivity contribution is 5.32. The molecule has 1 aromatic carbocycles. The van der Waals surface area contributed by atoms with Gasteiger partial charge in [0, 0.05) is 0 Å². The van der Waals surface area contributed by atoms with Crippen LogP contribution in [-0.2, 0) is 0 Å². The highest BCUT2D eigenvalue weighted by atomic mass is 19.4. The van der Waals surface area contributed by atoms with Crippen molar-refractivity contribution >= 4 is 0 Å². The van der Waals surface area contributed by atoms with E-state index in [0.29, 0.717) is 5.56 Å². The molecule has 0 radical (unpaired) electrons. The number of aryl methyl sites for hydroxylation is 1. The number of alkyl halides is 3. The third kappa shape index (κ3) is 3.63. The second kappa shape index (κ2) is 5.40. The van der Waals surface area contributed by atoms with Crippen molar-refractivity contribution < 1.29 is 17.9 Å². The van der Waals surface area contributed by atoms with Gasteiger partial charge in [-0.1, -0.05) is 25.1 Å². The van der Waals surface area contributed by atoms with Crippen molar-refractivity contribution in [3.63, 3.8) is 0 Å². The predicted octanol–water partition coefficient (Wildman–Crippen LogP) is 3.04. The smallest absolute Gasteiger partial charge is 0.426 e. The van der Waals surface area contributed by atoms with Gasteiger partial charge in [0.1, 0.15) is 5.75 Å². The lowest BCUT2D eigenvalue weighted by Gasteiger charge is -2.26. The fourth-order valence-electron chi connectivity index (χ4n) is 1.44. The largest absolute Gasteiger partial charge is 0.479 e. The van der Waals surface area contributed by atoms with Gasteiger partial charge in [0.25, 0.3) is 0 Å². The van der Waals surface area contributed by atoms with Gasteiger partial charge in [-0.15, -0.1) is 0 Å². The van der Waals surface area contributed by atoms with E-state index in [2.05, 4.69) is 0 Å². The Morgan fingerprint density at radius 3 is 2.35 bits per heavy atom. The Hall–Kier alpha value is -1.23. The van der Waals surface area contributed by atoms with Crippen molar-refractivity contribution in [3.8, 4) is 5.75 Å².